The highest BCUT2D eigenvalue weighted by molar-refractivity contribution is 7.89. The van der Waals surface area contributed by atoms with E-state index < -0.39 is 16.0 Å². The SMILES string of the molecule is O=C(O)CC/C=C/c1c(Cc2cccnc2)ccc2c1CCC(NS(=O)(=O)c1ccc(Cl)cc1)C2. The maximum absolute atomic E-state index is 12.9. The van der Waals surface area contributed by atoms with Crippen molar-refractivity contribution in [1.82, 2.24) is 9.71 Å². The van der Waals surface area contributed by atoms with Crippen molar-refractivity contribution in [2.75, 3.05) is 0 Å². The number of hydrogen-bond donors (Lipinski definition) is 2. The fraction of sp³-hybridized carbons (Fsp3) is 0.259. The fourth-order valence-electron chi connectivity index (χ4n) is 4.43. The van der Waals surface area contributed by atoms with Crippen LogP contribution in [0.2, 0.25) is 5.02 Å². The Balaban J connectivity index is 1.58. The molecule has 0 saturated carbocycles. The molecule has 8 heteroatoms. The molecule has 2 N–H and O–H groups in total. The third-order valence-electron chi connectivity index (χ3n) is 6.13. The van der Waals surface area contributed by atoms with E-state index in [2.05, 4.69) is 21.8 Å². The Morgan fingerprint density at radius 1 is 1.17 bits per heavy atom. The van der Waals surface area contributed by atoms with Crippen molar-refractivity contribution in [1.29, 1.82) is 0 Å². The first-order chi connectivity index (χ1) is 16.8. The van der Waals surface area contributed by atoms with E-state index >= 15 is 0 Å². The number of benzene rings is 2. The molecule has 0 bridgehead atoms. The molecule has 0 fully saturated rings. The number of nitrogens with zero attached hydrogens (tertiary/aromatic N) is 1. The second-order valence-electron chi connectivity index (χ2n) is 8.66. The van der Waals surface area contributed by atoms with Crippen LogP contribution in [0.15, 0.2) is 71.9 Å². The molecular weight excluding hydrogens is 484 g/mol. The van der Waals surface area contributed by atoms with E-state index in [1.54, 1.807) is 18.3 Å². The highest BCUT2D eigenvalue weighted by atomic mass is 35.5. The zero-order valence-electron chi connectivity index (χ0n) is 19.2. The zero-order valence-corrected chi connectivity index (χ0v) is 20.7. The lowest BCUT2D eigenvalue weighted by atomic mass is 9.82. The Hall–Kier alpha value is -3.00. The number of halogens is 1. The number of carboxylic acids is 1. The smallest absolute Gasteiger partial charge is 0.303 e. The fourth-order valence-corrected chi connectivity index (χ4v) is 5.82. The summed E-state index contributed by atoms with van der Waals surface area (Å²) in [5.41, 5.74) is 5.63. The number of sulfonamides is 1. The summed E-state index contributed by atoms with van der Waals surface area (Å²) in [6.07, 6.45) is 10.8. The number of fused-ring (bicyclic) bond motifs is 1. The van der Waals surface area contributed by atoms with Crippen LogP contribution in [0.4, 0.5) is 0 Å². The van der Waals surface area contributed by atoms with Crippen LogP contribution in [0.5, 0.6) is 0 Å². The number of allylic oxidation sites excluding steroid dienone is 1. The molecule has 1 aliphatic rings. The summed E-state index contributed by atoms with van der Waals surface area (Å²) in [5.74, 6) is -0.823. The minimum absolute atomic E-state index is 0.0814. The predicted octanol–water partition coefficient (Wildman–Crippen LogP) is 5.04. The van der Waals surface area contributed by atoms with Gasteiger partial charge in [0.1, 0.15) is 0 Å². The number of aliphatic carboxylic acids is 1. The third kappa shape index (κ3) is 6.57. The summed E-state index contributed by atoms with van der Waals surface area (Å²) >= 11 is 5.90. The summed E-state index contributed by atoms with van der Waals surface area (Å²) in [4.78, 5) is 15.3. The molecule has 0 aliphatic heterocycles. The molecule has 1 aliphatic carbocycles. The largest absolute Gasteiger partial charge is 0.481 e. The van der Waals surface area contributed by atoms with E-state index in [1.807, 2.05) is 30.5 Å². The molecule has 1 heterocycles. The van der Waals surface area contributed by atoms with Crippen molar-refractivity contribution in [3.63, 3.8) is 0 Å². The van der Waals surface area contributed by atoms with E-state index in [4.69, 9.17) is 16.7 Å². The van der Waals surface area contributed by atoms with Crippen molar-refractivity contribution in [2.24, 2.45) is 0 Å². The van der Waals surface area contributed by atoms with Crippen LogP contribution in [0, 0.1) is 0 Å². The Morgan fingerprint density at radius 2 is 1.97 bits per heavy atom. The molecule has 0 saturated heterocycles. The van der Waals surface area contributed by atoms with Gasteiger partial charge in [-0.1, -0.05) is 42.0 Å². The Morgan fingerprint density at radius 3 is 2.69 bits per heavy atom. The number of carbonyl (C=O) groups is 1. The highest BCUT2D eigenvalue weighted by Crippen LogP contribution is 2.30. The molecule has 182 valence electrons. The van der Waals surface area contributed by atoms with Crippen molar-refractivity contribution < 1.29 is 18.3 Å². The summed E-state index contributed by atoms with van der Waals surface area (Å²) < 4.78 is 28.6. The number of aromatic nitrogens is 1. The molecule has 1 atom stereocenters. The Labute approximate surface area is 210 Å². The van der Waals surface area contributed by atoms with Gasteiger partial charge in [0, 0.05) is 29.9 Å². The molecule has 0 spiro atoms. The summed E-state index contributed by atoms with van der Waals surface area (Å²) in [5, 5.41) is 9.45. The maximum atomic E-state index is 12.9. The van der Waals surface area contributed by atoms with Gasteiger partial charge in [0.05, 0.1) is 4.90 Å². The molecule has 1 unspecified atom stereocenters. The first-order valence-corrected chi connectivity index (χ1v) is 13.4. The molecular formula is C27H27ClN2O4S. The van der Waals surface area contributed by atoms with Gasteiger partial charge < -0.3 is 5.11 Å². The Kier molecular flexibility index (Phi) is 8.00. The van der Waals surface area contributed by atoms with Crippen LogP contribution in [-0.2, 0) is 34.1 Å². The van der Waals surface area contributed by atoms with Gasteiger partial charge >= 0.3 is 5.97 Å². The van der Waals surface area contributed by atoms with Gasteiger partial charge in [-0.05, 0) is 90.3 Å². The second-order valence-corrected chi connectivity index (χ2v) is 10.8. The minimum atomic E-state index is -3.65. The average molecular weight is 511 g/mol. The van der Waals surface area contributed by atoms with Crippen molar-refractivity contribution in [2.45, 2.75) is 49.5 Å². The van der Waals surface area contributed by atoms with Crippen LogP contribution in [0.1, 0.15) is 47.1 Å². The number of carboxylic acid groups (broad SMARTS) is 1. The molecule has 1 aromatic heterocycles. The number of rotatable bonds is 9. The molecule has 6 nitrogen and oxygen atoms in total. The lowest BCUT2D eigenvalue weighted by Crippen LogP contribution is -2.39. The van der Waals surface area contributed by atoms with Crippen molar-refractivity contribution in [3.8, 4) is 0 Å². The van der Waals surface area contributed by atoms with Crippen LogP contribution in [0.25, 0.3) is 6.08 Å². The van der Waals surface area contributed by atoms with Gasteiger partial charge in [-0.2, -0.15) is 0 Å². The highest BCUT2D eigenvalue weighted by Gasteiger charge is 2.26. The molecule has 4 rings (SSSR count). The quantitative estimate of drug-likeness (QED) is 0.420. The normalized spacial score (nSPS) is 15.7. The number of hydrogen-bond acceptors (Lipinski definition) is 4. The summed E-state index contributed by atoms with van der Waals surface area (Å²) in [7, 11) is -3.65. The lowest BCUT2D eigenvalue weighted by Gasteiger charge is -2.28. The van der Waals surface area contributed by atoms with E-state index in [0.717, 1.165) is 28.7 Å². The first kappa shape index (κ1) is 25.1. The van der Waals surface area contributed by atoms with Gasteiger partial charge in [-0.3, -0.25) is 9.78 Å². The molecule has 35 heavy (non-hydrogen) atoms. The van der Waals surface area contributed by atoms with Gasteiger partial charge in [0.2, 0.25) is 10.0 Å². The summed E-state index contributed by atoms with van der Waals surface area (Å²) in [6.45, 7) is 0. The van der Waals surface area contributed by atoms with Crippen molar-refractivity contribution in [3.05, 3.63) is 99.8 Å². The van der Waals surface area contributed by atoms with E-state index in [0.29, 0.717) is 30.7 Å². The van der Waals surface area contributed by atoms with Crippen LogP contribution >= 0.6 is 11.6 Å². The molecule has 0 radical (unpaired) electrons. The van der Waals surface area contributed by atoms with Crippen LogP contribution in [-0.4, -0.2) is 30.5 Å². The zero-order chi connectivity index (χ0) is 24.8. The molecule has 2 aromatic carbocycles. The van der Waals surface area contributed by atoms with E-state index in [-0.39, 0.29) is 17.4 Å². The molecule has 3 aromatic rings. The van der Waals surface area contributed by atoms with Gasteiger partial charge in [-0.15, -0.1) is 0 Å². The standard InChI is InChI=1S/C27H27ClN2O4S/c28-22-9-12-24(13-10-22)35(33,34)30-23-11-14-26-21(17-23)8-7-20(16-19-4-3-15-29-18-19)25(26)5-1-2-6-27(31)32/h1,3-5,7-10,12-13,15,18,23,30H,2,6,11,14,16-17H2,(H,31,32)/b5-1+. The third-order valence-corrected chi connectivity index (χ3v) is 7.91. The van der Waals surface area contributed by atoms with E-state index in [1.165, 1.54) is 17.7 Å². The van der Waals surface area contributed by atoms with Gasteiger partial charge in [-0.25, -0.2) is 13.1 Å². The predicted molar refractivity (Wildman–Crippen MR) is 137 cm³/mol. The van der Waals surface area contributed by atoms with Gasteiger partial charge in [0.15, 0.2) is 0 Å². The maximum Gasteiger partial charge on any atom is 0.303 e. The monoisotopic (exact) mass is 510 g/mol. The van der Waals surface area contributed by atoms with Crippen molar-refractivity contribution >= 4 is 33.7 Å². The van der Waals surface area contributed by atoms with Crippen LogP contribution in [0.3, 0.4) is 0 Å². The first-order valence-electron chi connectivity index (χ1n) is 11.5. The topological polar surface area (TPSA) is 96.4 Å². The minimum Gasteiger partial charge on any atom is -0.481 e. The number of pyridine rings is 1. The van der Waals surface area contributed by atoms with Gasteiger partial charge in [0.25, 0.3) is 0 Å². The lowest BCUT2D eigenvalue weighted by molar-refractivity contribution is -0.136. The second kappa shape index (κ2) is 11.2. The summed E-state index contributed by atoms with van der Waals surface area (Å²) in [6, 6.07) is 14.0. The Bertz CT molecular complexity index is 1320. The molecule has 0 amide bonds. The van der Waals surface area contributed by atoms with E-state index in [9.17, 15) is 13.2 Å². The number of nitrogens with one attached hydrogen (secondary N) is 1. The average Bonchev–Trinajstić information content (AvgIpc) is 2.83. The van der Waals surface area contributed by atoms with Crippen LogP contribution < -0.4 is 4.72 Å².